The third-order valence-electron chi connectivity index (χ3n) is 5.86. The van der Waals surface area contributed by atoms with Gasteiger partial charge in [-0.15, -0.1) is 0 Å². The molecule has 0 saturated heterocycles. The molecule has 3 heterocycles. The average Bonchev–Trinajstić information content (AvgIpc) is 3.55. The van der Waals surface area contributed by atoms with Gasteiger partial charge < -0.3 is 14.2 Å². The van der Waals surface area contributed by atoms with Crippen molar-refractivity contribution in [3.8, 4) is 0 Å². The zero-order valence-corrected chi connectivity index (χ0v) is 17.1. The molecular formula is C23H23N3O4. The SMILES string of the molecule is Cc1noc2nc(C3CC3)cc(C(=O)O[C@H](C)C(=O)N3CCCc4ccccc43)c12. The zero-order chi connectivity index (χ0) is 20.8. The maximum atomic E-state index is 13.1. The fourth-order valence-corrected chi connectivity index (χ4v) is 4.12. The molecule has 2 aromatic heterocycles. The number of hydrogen-bond acceptors (Lipinski definition) is 6. The Hall–Kier alpha value is -3.22. The first-order valence-corrected chi connectivity index (χ1v) is 10.4. The maximum Gasteiger partial charge on any atom is 0.339 e. The van der Waals surface area contributed by atoms with Crippen LogP contribution in [0.1, 0.15) is 59.4 Å². The van der Waals surface area contributed by atoms with Crippen molar-refractivity contribution in [3.05, 3.63) is 52.8 Å². The minimum absolute atomic E-state index is 0.217. The number of carbonyl (C=O) groups excluding carboxylic acids is 2. The Morgan fingerprint density at radius 2 is 2.07 bits per heavy atom. The van der Waals surface area contributed by atoms with Gasteiger partial charge in [0.2, 0.25) is 0 Å². The molecule has 30 heavy (non-hydrogen) atoms. The van der Waals surface area contributed by atoms with Crippen molar-refractivity contribution in [2.24, 2.45) is 0 Å². The Balaban J connectivity index is 1.41. The van der Waals surface area contributed by atoms with E-state index in [0.717, 1.165) is 42.6 Å². The molecular weight excluding hydrogens is 382 g/mol. The van der Waals surface area contributed by atoms with E-state index in [1.54, 1.807) is 24.8 Å². The van der Waals surface area contributed by atoms with Crippen LogP contribution in [-0.4, -0.2) is 34.7 Å². The normalized spacial score (nSPS) is 16.9. The molecule has 7 nitrogen and oxygen atoms in total. The molecule has 0 bridgehead atoms. The number of ether oxygens (including phenoxy) is 1. The van der Waals surface area contributed by atoms with E-state index in [0.29, 0.717) is 34.8 Å². The number of rotatable bonds is 4. The first-order valence-electron chi connectivity index (χ1n) is 10.4. The van der Waals surface area contributed by atoms with Crippen LogP contribution in [0.3, 0.4) is 0 Å². The largest absolute Gasteiger partial charge is 0.449 e. The number of fused-ring (bicyclic) bond motifs is 2. The van der Waals surface area contributed by atoms with Crippen LogP contribution in [0.15, 0.2) is 34.9 Å². The molecule has 1 atom stereocenters. The van der Waals surface area contributed by atoms with Gasteiger partial charge in [0.25, 0.3) is 11.6 Å². The molecule has 0 radical (unpaired) electrons. The summed E-state index contributed by atoms with van der Waals surface area (Å²) < 4.78 is 10.9. The fraction of sp³-hybridized carbons (Fsp3) is 0.391. The van der Waals surface area contributed by atoms with Gasteiger partial charge in [0.05, 0.1) is 16.6 Å². The number of benzene rings is 1. The van der Waals surface area contributed by atoms with Gasteiger partial charge in [0, 0.05) is 23.8 Å². The summed E-state index contributed by atoms with van der Waals surface area (Å²) in [5.41, 5.74) is 4.13. The highest BCUT2D eigenvalue weighted by atomic mass is 16.5. The Kier molecular flexibility index (Phi) is 4.53. The van der Waals surface area contributed by atoms with Gasteiger partial charge in [-0.3, -0.25) is 4.79 Å². The van der Waals surface area contributed by atoms with Gasteiger partial charge in [0.1, 0.15) is 0 Å². The fourth-order valence-electron chi connectivity index (χ4n) is 4.12. The van der Waals surface area contributed by atoms with E-state index < -0.39 is 12.1 Å². The molecule has 1 aliphatic carbocycles. The van der Waals surface area contributed by atoms with Crippen LogP contribution in [0.4, 0.5) is 5.69 Å². The van der Waals surface area contributed by atoms with Crippen molar-refractivity contribution in [1.29, 1.82) is 0 Å². The van der Waals surface area contributed by atoms with Gasteiger partial charge in [0.15, 0.2) is 6.10 Å². The van der Waals surface area contributed by atoms with Crippen molar-refractivity contribution >= 4 is 28.7 Å². The molecule has 3 aromatic rings. The quantitative estimate of drug-likeness (QED) is 0.612. The first-order chi connectivity index (χ1) is 14.5. The summed E-state index contributed by atoms with van der Waals surface area (Å²) in [6.07, 6.45) is 3.02. The number of hydrogen-bond donors (Lipinski definition) is 0. The number of aryl methyl sites for hydroxylation is 2. The molecule has 5 rings (SSSR count). The number of pyridine rings is 1. The Morgan fingerprint density at radius 3 is 2.87 bits per heavy atom. The molecule has 1 aromatic carbocycles. The summed E-state index contributed by atoms with van der Waals surface area (Å²) >= 11 is 0. The van der Waals surface area contributed by atoms with Crippen LogP contribution >= 0.6 is 0 Å². The van der Waals surface area contributed by atoms with E-state index in [1.807, 2.05) is 24.3 Å². The number of para-hydroxylation sites is 1. The molecule has 1 fully saturated rings. The molecule has 1 saturated carbocycles. The van der Waals surface area contributed by atoms with Crippen molar-refractivity contribution in [2.75, 3.05) is 11.4 Å². The lowest BCUT2D eigenvalue weighted by Crippen LogP contribution is -2.42. The van der Waals surface area contributed by atoms with Crippen LogP contribution in [0.5, 0.6) is 0 Å². The molecule has 0 spiro atoms. The maximum absolute atomic E-state index is 13.1. The van der Waals surface area contributed by atoms with Gasteiger partial charge in [-0.05, 0) is 57.2 Å². The molecule has 0 N–H and O–H groups in total. The standard InChI is InChI=1S/C23H23N3O4/c1-13-20-17(12-18(15-9-10-15)24-21(20)30-25-13)23(28)29-14(2)22(27)26-11-5-7-16-6-3-4-8-19(16)26/h3-4,6,8,12,14-15H,5,7,9-11H2,1-2H3/t14-/m1/s1. The van der Waals surface area contributed by atoms with Gasteiger partial charge >= 0.3 is 5.97 Å². The predicted molar refractivity (Wildman–Crippen MR) is 111 cm³/mol. The monoisotopic (exact) mass is 405 g/mol. The smallest absolute Gasteiger partial charge is 0.339 e. The van der Waals surface area contributed by atoms with Gasteiger partial charge in [-0.2, -0.15) is 0 Å². The lowest BCUT2D eigenvalue weighted by molar-refractivity contribution is -0.126. The van der Waals surface area contributed by atoms with Crippen LogP contribution in [0.25, 0.3) is 11.1 Å². The predicted octanol–water partition coefficient (Wildman–Crippen LogP) is 3.93. The van der Waals surface area contributed by atoms with E-state index in [4.69, 9.17) is 9.26 Å². The Bertz CT molecular complexity index is 1150. The Morgan fingerprint density at radius 1 is 1.27 bits per heavy atom. The summed E-state index contributed by atoms with van der Waals surface area (Å²) in [5.74, 6) is -0.428. The van der Waals surface area contributed by atoms with Crippen molar-refractivity contribution in [2.45, 2.75) is 51.6 Å². The second-order valence-electron chi connectivity index (χ2n) is 8.09. The van der Waals surface area contributed by atoms with Crippen LogP contribution in [0, 0.1) is 6.92 Å². The third-order valence-corrected chi connectivity index (χ3v) is 5.86. The third kappa shape index (κ3) is 3.24. The molecule has 154 valence electrons. The van der Waals surface area contributed by atoms with E-state index in [1.165, 1.54) is 0 Å². The second-order valence-corrected chi connectivity index (χ2v) is 8.09. The van der Waals surface area contributed by atoms with E-state index in [9.17, 15) is 9.59 Å². The number of amides is 1. The van der Waals surface area contributed by atoms with E-state index >= 15 is 0 Å². The zero-order valence-electron chi connectivity index (χ0n) is 17.1. The topological polar surface area (TPSA) is 85.5 Å². The molecule has 1 aliphatic heterocycles. The number of esters is 1. The number of nitrogens with zero attached hydrogens (tertiary/aromatic N) is 3. The van der Waals surface area contributed by atoms with Gasteiger partial charge in [-0.25, -0.2) is 9.78 Å². The molecule has 7 heteroatoms. The van der Waals surface area contributed by atoms with Crippen molar-refractivity contribution in [3.63, 3.8) is 0 Å². The van der Waals surface area contributed by atoms with E-state index in [2.05, 4.69) is 10.1 Å². The van der Waals surface area contributed by atoms with Crippen molar-refractivity contribution < 1.29 is 18.8 Å². The summed E-state index contributed by atoms with van der Waals surface area (Å²) in [7, 11) is 0. The average molecular weight is 405 g/mol. The van der Waals surface area contributed by atoms with Gasteiger partial charge in [-0.1, -0.05) is 23.4 Å². The molecule has 2 aliphatic rings. The highest BCUT2D eigenvalue weighted by Gasteiger charge is 2.32. The number of carbonyl (C=O) groups is 2. The van der Waals surface area contributed by atoms with Crippen LogP contribution in [-0.2, 0) is 16.0 Å². The van der Waals surface area contributed by atoms with E-state index in [-0.39, 0.29) is 5.91 Å². The summed E-state index contributed by atoms with van der Waals surface area (Å²) in [6.45, 7) is 4.01. The summed E-state index contributed by atoms with van der Waals surface area (Å²) in [4.78, 5) is 32.4. The minimum Gasteiger partial charge on any atom is -0.449 e. The van der Waals surface area contributed by atoms with Crippen molar-refractivity contribution in [1.82, 2.24) is 10.1 Å². The van der Waals surface area contributed by atoms with Crippen LogP contribution < -0.4 is 4.90 Å². The van der Waals surface area contributed by atoms with Crippen LogP contribution in [0.2, 0.25) is 0 Å². The number of anilines is 1. The first kappa shape index (κ1) is 18.8. The molecule has 1 amide bonds. The lowest BCUT2D eigenvalue weighted by Gasteiger charge is -2.31. The Labute approximate surface area is 174 Å². The second kappa shape index (κ2) is 7.23. The summed E-state index contributed by atoms with van der Waals surface area (Å²) in [5, 5.41) is 4.50. The lowest BCUT2D eigenvalue weighted by atomic mass is 10.0. The minimum atomic E-state index is -0.906. The highest BCUT2D eigenvalue weighted by molar-refractivity contribution is 6.05. The summed E-state index contributed by atoms with van der Waals surface area (Å²) in [6, 6.07) is 9.63. The highest BCUT2D eigenvalue weighted by Crippen LogP contribution is 2.40. The number of aromatic nitrogens is 2. The molecule has 0 unspecified atom stereocenters.